The molecule has 1 fully saturated rings. The molecule has 1 aromatic heterocycles. The van der Waals surface area contributed by atoms with Gasteiger partial charge in [-0.3, -0.25) is 19.5 Å². The number of halogens is 1. The summed E-state index contributed by atoms with van der Waals surface area (Å²) in [5, 5.41) is 2.89. The molecular weight excluding hydrogens is 479 g/mol. The standard InChI is InChI=1S/C31H31FN4O2/c1-22-16-17-26(18-27(22)32)36-20-28(24-12-6-3-7-13-24)33-31(36)34-29(37)21-35(19-23-10-4-2-5-11-23)30(38)25-14-8-9-15-25/h2-7,10-13,16-18,20,25H,8-9,14-15,19,21H2,1H3,(H,33,34,37). The fourth-order valence-corrected chi connectivity index (χ4v) is 4.93. The molecule has 1 saturated carbocycles. The van der Waals surface area contributed by atoms with E-state index in [1.165, 1.54) is 6.07 Å². The summed E-state index contributed by atoms with van der Waals surface area (Å²) in [6.07, 6.45) is 5.56. The van der Waals surface area contributed by atoms with Crippen LogP contribution in [0.5, 0.6) is 0 Å². The van der Waals surface area contributed by atoms with Crippen molar-refractivity contribution >= 4 is 17.8 Å². The molecule has 4 aromatic rings. The topological polar surface area (TPSA) is 67.2 Å². The van der Waals surface area contributed by atoms with Crippen molar-refractivity contribution in [1.29, 1.82) is 0 Å². The van der Waals surface area contributed by atoms with Gasteiger partial charge < -0.3 is 4.90 Å². The zero-order valence-corrected chi connectivity index (χ0v) is 21.4. The average Bonchev–Trinajstić information content (AvgIpc) is 3.61. The van der Waals surface area contributed by atoms with Crippen molar-refractivity contribution in [2.24, 2.45) is 5.92 Å². The predicted molar refractivity (Wildman–Crippen MR) is 146 cm³/mol. The van der Waals surface area contributed by atoms with Crippen LogP contribution in [0.4, 0.5) is 10.3 Å². The first kappa shape index (κ1) is 25.4. The van der Waals surface area contributed by atoms with Crippen molar-refractivity contribution < 1.29 is 14.0 Å². The van der Waals surface area contributed by atoms with Gasteiger partial charge in [-0.2, -0.15) is 0 Å². The van der Waals surface area contributed by atoms with Gasteiger partial charge in [-0.05, 0) is 43.0 Å². The van der Waals surface area contributed by atoms with Gasteiger partial charge in [-0.15, -0.1) is 0 Å². The predicted octanol–water partition coefficient (Wildman–Crippen LogP) is 6.14. The van der Waals surface area contributed by atoms with Gasteiger partial charge in [-0.1, -0.05) is 79.6 Å². The number of anilines is 1. The molecule has 1 heterocycles. The third kappa shape index (κ3) is 5.83. The van der Waals surface area contributed by atoms with Crippen molar-refractivity contribution in [3.63, 3.8) is 0 Å². The lowest BCUT2D eigenvalue weighted by atomic mass is 10.1. The monoisotopic (exact) mass is 510 g/mol. The van der Waals surface area contributed by atoms with E-state index < -0.39 is 0 Å². The van der Waals surface area contributed by atoms with E-state index in [4.69, 9.17) is 0 Å². The molecule has 6 nitrogen and oxygen atoms in total. The van der Waals surface area contributed by atoms with Crippen molar-refractivity contribution in [3.8, 4) is 16.9 Å². The summed E-state index contributed by atoms with van der Waals surface area (Å²) in [4.78, 5) is 33.0. The Morgan fingerprint density at radius 1 is 1.00 bits per heavy atom. The van der Waals surface area contributed by atoms with E-state index in [0.29, 0.717) is 23.5 Å². The van der Waals surface area contributed by atoms with Gasteiger partial charge in [0, 0.05) is 24.2 Å². The summed E-state index contributed by atoms with van der Waals surface area (Å²) >= 11 is 0. The van der Waals surface area contributed by atoms with Gasteiger partial charge in [0.05, 0.1) is 11.4 Å². The summed E-state index contributed by atoms with van der Waals surface area (Å²) < 4.78 is 16.1. The van der Waals surface area contributed by atoms with Gasteiger partial charge in [0.2, 0.25) is 17.8 Å². The fraction of sp³-hybridized carbons (Fsp3) is 0.258. The molecule has 2 amide bonds. The molecule has 1 aliphatic carbocycles. The number of aromatic nitrogens is 2. The lowest BCUT2D eigenvalue weighted by Crippen LogP contribution is -2.40. The number of nitrogens with one attached hydrogen (secondary N) is 1. The van der Waals surface area contributed by atoms with E-state index >= 15 is 0 Å². The van der Waals surface area contributed by atoms with Crippen LogP contribution in [0.1, 0.15) is 36.8 Å². The second-order valence-electron chi connectivity index (χ2n) is 9.83. The van der Waals surface area contributed by atoms with Crippen LogP contribution in [0.15, 0.2) is 85.1 Å². The highest BCUT2D eigenvalue weighted by molar-refractivity contribution is 5.94. The Morgan fingerprint density at radius 2 is 1.68 bits per heavy atom. The molecule has 1 aliphatic rings. The maximum Gasteiger partial charge on any atom is 0.246 e. The van der Waals surface area contributed by atoms with Gasteiger partial charge in [0.25, 0.3) is 0 Å². The summed E-state index contributed by atoms with van der Waals surface area (Å²) in [6, 6.07) is 24.2. The number of hydrogen-bond acceptors (Lipinski definition) is 3. The highest BCUT2D eigenvalue weighted by Crippen LogP contribution is 2.28. The molecule has 0 radical (unpaired) electrons. The SMILES string of the molecule is Cc1ccc(-n2cc(-c3ccccc3)nc2NC(=O)CN(Cc2ccccc2)C(=O)C2CCCC2)cc1F. The average molecular weight is 511 g/mol. The van der Waals surface area contributed by atoms with E-state index in [2.05, 4.69) is 10.3 Å². The van der Waals surface area contributed by atoms with Gasteiger partial charge >= 0.3 is 0 Å². The van der Waals surface area contributed by atoms with Crippen LogP contribution in [-0.2, 0) is 16.1 Å². The second kappa shape index (κ2) is 11.4. The van der Waals surface area contributed by atoms with Crippen molar-refractivity contribution in [2.45, 2.75) is 39.2 Å². The minimum absolute atomic E-state index is 0.00965. The molecule has 38 heavy (non-hydrogen) atoms. The quantitative estimate of drug-likeness (QED) is 0.309. The Labute approximate surface area is 222 Å². The third-order valence-corrected chi connectivity index (χ3v) is 7.03. The van der Waals surface area contributed by atoms with Crippen LogP contribution in [0.3, 0.4) is 0 Å². The lowest BCUT2D eigenvalue weighted by molar-refractivity contribution is -0.138. The van der Waals surface area contributed by atoms with Crippen LogP contribution in [0, 0.1) is 18.7 Å². The molecule has 1 N–H and O–H groups in total. The molecule has 3 aromatic carbocycles. The molecule has 0 saturated heterocycles. The number of amides is 2. The molecule has 0 bridgehead atoms. The highest BCUT2D eigenvalue weighted by Gasteiger charge is 2.29. The summed E-state index contributed by atoms with van der Waals surface area (Å²) in [7, 11) is 0. The molecule has 194 valence electrons. The number of aryl methyl sites for hydroxylation is 1. The molecular formula is C31H31FN4O2. The first-order valence-corrected chi connectivity index (χ1v) is 13.0. The number of hydrogen-bond donors (Lipinski definition) is 1. The maximum atomic E-state index is 14.4. The molecule has 0 spiro atoms. The van der Waals surface area contributed by atoms with E-state index in [1.54, 1.807) is 34.7 Å². The van der Waals surface area contributed by atoms with Gasteiger partial charge in [0.1, 0.15) is 12.4 Å². The minimum Gasteiger partial charge on any atom is -0.329 e. The van der Waals surface area contributed by atoms with E-state index in [-0.39, 0.29) is 36.0 Å². The molecule has 7 heteroatoms. The number of carbonyl (C=O) groups excluding carboxylic acids is 2. The Balaban J connectivity index is 1.42. The first-order valence-electron chi connectivity index (χ1n) is 13.0. The number of carbonyl (C=O) groups is 2. The van der Waals surface area contributed by atoms with Crippen molar-refractivity contribution in [3.05, 3.63) is 102 Å². The zero-order valence-electron chi connectivity index (χ0n) is 21.4. The van der Waals surface area contributed by atoms with Gasteiger partial charge in [0.15, 0.2) is 0 Å². The molecule has 0 unspecified atom stereocenters. The highest BCUT2D eigenvalue weighted by atomic mass is 19.1. The number of benzene rings is 3. The van der Waals surface area contributed by atoms with Gasteiger partial charge in [-0.25, -0.2) is 9.37 Å². The lowest BCUT2D eigenvalue weighted by Gasteiger charge is -2.25. The van der Waals surface area contributed by atoms with Crippen LogP contribution in [-0.4, -0.2) is 32.8 Å². The van der Waals surface area contributed by atoms with Crippen molar-refractivity contribution in [1.82, 2.24) is 14.5 Å². The Bertz CT molecular complexity index is 1410. The van der Waals surface area contributed by atoms with Crippen LogP contribution in [0.2, 0.25) is 0 Å². The fourth-order valence-electron chi connectivity index (χ4n) is 4.93. The Morgan fingerprint density at radius 3 is 2.37 bits per heavy atom. The van der Waals surface area contributed by atoms with Crippen LogP contribution >= 0.6 is 0 Å². The smallest absolute Gasteiger partial charge is 0.246 e. The molecule has 5 rings (SSSR count). The molecule has 0 aliphatic heterocycles. The Kier molecular flexibility index (Phi) is 7.63. The van der Waals surface area contributed by atoms with Crippen LogP contribution < -0.4 is 5.32 Å². The largest absolute Gasteiger partial charge is 0.329 e. The third-order valence-electron chi connectivity index (χ3n) is 7.03. The summed E-state index contributed by atoms with van der Waals surface area (Å²) in [5.41, 5.74) is 3.56. The summed E-state index contributed by atoms with van der Waals surface area (Å²) in [5.74, 6) is -0.466. The second-order valence-corrected chi connectivity index (χ2v) is 9.83. The number of imidazole rings is 1. The Hall–Kier alpha value is -4.26. The first-order chi connectivity index (χ1) is 18.5. The van der Waals surface area contributed by atoms with E-state index in [0.717, 1.165) is 36.8 Å². The summed E-state index contributed by atoms with van der Waals surface area (Å²) in [6.45, 7) is 1.96. The number of rotatable bonds is 8. The number of nitrogens with zero attached hydrogens (tertiary/aromatic N) is 3. The normalized spacial score (nSPS) is 13.4. The van der Waals surface area contributed by atoms with E-state index in [1.807, 2.05) is 60.7 Å². The maximum absolute atomic E-state index is 14.4. The minimum atomic E-state index is -0.355. The van der Waals surface area contributed by atoms with E-state index in [9.17, 15) is 14.0 Å². The van der Waals surface area contributed by atoms with Crippen LogP contribution in [0.25, 0.3) is 16.9 Å². The van der Waals surface area contributed by atoms with Crippen molar-refractivity contribution in [2.75, 3.05) is 11.9 Å². The molecule has 0 atom stereocenters. The zero-order chi connectivity index (χ0) is 26.5.